The van der Waals surface area contributed by atoms with Crippen molar-refractivity contribution in [2.24, 2.45) is 17.3 Å². The maximum Gasteiger partial charge on any atom is 0.0800 e. The SMILES string of the molecule is C=CC(C)(O)CCC=C(C)C.CC1=C[C@@H](O)[C@@H]2C[C@H]1C2(C)C. The molecule has 1 fully saturated rings. The van der Waals surface area contributed by atoms with Gasteiger partial charge >= 0.3 is 0 Å². The number of rotatable bonds is 4. The highest BCUT2D eigenvalue weighted by atomic mass is 16.3. The fourth-order valence-corrected chi connectivity index (χ4v) is 3.57. The molecule has 2 nitrogen and oxygen atoms in total. The summed E-state index contributed by atoms with van der Waals surface area (Å²) >= 11 is 0. The second kappa shape index (κ2) is 7.14. The Morgan fingerprint density at radius 1 is 1.45 bits per heavy atom. The van der Waals surface area contributed by atoms with Crippen molar-refractivity contribution in [2.75, 3.05) is 0 Å². The van der Waals surface area contributed by atoms with Crippen LogP contribution in [0.1, 0.15) is 60.8 Å². The van der Waals surface area contributed by atoms with Crippen molar-refractivity contribution < 1.29 is 10.2 Å². The summed E-state index contributed by atoms with van der Waals surface area (Å²) in [7, 11) is 0. The van der Waals surface area contributed by atoms with Crippen LogP contribution >= 0.6 is 0 Å². The van der Waals surface area contributed by atoms with Gasteiger partial charge in [-0.2, -0.15) is 0 Å². The second-order valence-electron chi connectivity index (χ2n) is 8.00. The van der Waals surface area contributed by atoms with E-state index in [0.29, 0.717) is 11.3 Å². The van der Waals surface area contributed by atoms with Crippen molar-refractivity contribution in [1.82, 2.24) is 0 Å². The molecule has 0 saturated heterocycles. The van der Waals surface area contributed by atoms with Crippen molar-refractivity contribution in [2.45, 2.75) is 72.5 Å². The zero-order valence-corrected chi connectivity index (χ0v) is 15.2. The van der Waals surface area contributed by atoms with E-state index in [-0.39, 0.29) is 6.10 Å². The van der Waals surface area contributed by atoms with Crippen LogP contribution in [0.25, 0.3) is 0 Å². The third-order valence-corrected chi connectivity index (χ3v) is 5.38. The number of hydrogen-bond donors (Lipinski definition) is 2. The van der Waals surface area contributed by atoms with E-state index in [4.69, 9.17) is 0 Å². The van der Waals surface area contributed by atoms with E-state index in [9.17, 15) is 10.2 Å². The van der Waals surface area contributed by atoms with Crippen molar-refractivity contribution in [3.8, 4) is 0 Å². The fourth-order valence-electron chi connectivity index (χ4n) is 3.57. The van der Waals surface area contributed by atoms with E-state index >= 15 is 0 Å². The molecule has 1 unspecified atom stereocenters. The summed E-state index contributed by atoms with van der Waals surface area (Å²) in [5.74, 6) is 1.27. The molecule has 0 aromatic rings. The van der Waals surface area contributed by atoms with Crippen LogP contribution in [0.5, 0.6) is 0 Å². The number of aliphatic hydroxyl groups is 2. The molecule has 22 heavy (non-hydrogen) atoms. The van der Waals surface area contributed by atoms with Gasteiger partial charge in [-0.25, -0.2) is 0 Å². The summed E-state index contributed by atoms with van der Waals surface area (Å²) in [4.78, 5) is 0. The smallest absolute Gasteiger partial charge is 0.0800 e. The lowest BCUT2D eigenvalue weighted by atomic mass is 9.48. The molecule has 0 aromatic heterocycles. The summed E-state index contributed by atoms with van der Waals surface area (Å²) in [5.41, 5.74) is 2.35. The number of hydrogen-bond acceptors (Lipinski definition) is 2. The Balaban J connectivity index is 0.000000220. The van der Waals surface area contributed by atoms with Gasteiger partial charge in [0.2, 0.25) is 0 Å². The highest BCUT2D eigenvalue weighted by molar-refractivity contribution is 5.24. The molecule has 126 valence electrons. The van der Waals surface area contributed by atoms with E-state index in [1.807, 2.05) is 6.08 Å². The van der Waals surface area contributed by atoms with Gasteiger partial charge in [0.1, 0.15) is 0 Å². The lowest BCUT2D eigenvalue weighted by Crippen LogP contribution is -2.53. The zero-order chi connectivity index (χ0) is 17.1. The van der Waals surface area contributed by atoms with Gasteiger partial charge in [0, 0.05) is 0 Å². The fraction of sp³-hybridized carbons (Fsp3) is 0.700. The Labute approximate surface area is 136 Å². The van der Waals surface area contributed by atoms with Crippen LogP contribution in [0.4, 0.5) is 0 Å². The number of aliphatic hydroxyl groups excluding tert-OH is 1. The molecule has 3 aliphatic carbocycles. The molecule has 3 rings (SSSR count). The molecular formula is C20H34O2. The van der Waals surface area contributed by atoms with Crippen LogP contribution in [0.3, 0.4) is 0 Å². The van der Waals surface area contributed by atoms with Gasteiger partial charge in [-0.15, -0.1) is 6.58 Å². The monoisotopic (exact) mass is 306 g/mol. The summed E-state index contributed by atoms with van der Waals surface area (Å²) < 4.78 is 0. The molecule has 0 aliphatic heterocycles. The molecule has 0 radical (unpaired) electrons. The first kappa shape index (κ1) is 19.2. The van der Waals surface area contributed by atoms with Gasteiger partial charge < -0.3 is 10.2 Å². The predicted molar refractivity (Wildman–Crippen MR) is 94.6 cm³/mol. The van der Waals surface area contributed by atoms with Gasteiger partial charge in [0.15, 0.2) is 0 Å². The molecular weight excluding hydrogens is 272 g/mol. The maximum atomic E-state index is 9.65. The van der Waals surface area contributed by atoms with Gasteiger partial charge in [-0.05, 0) is 64.2 Å². The van der Waals surface area contributed by atoms with E-state index in [1.54, 1.807) is 13.0 Å². The highest BCUT2D eigenvalue weighted by Gasteiger charge is 2.53. The van der Waals surface area contributed by atoms with Gasteiger partial charge in [-0.3, -0.25) is 0 Å². The standard InChI is InChI=1S/C10H16O.C10H18O/c1-6-4-9(11)8-5-7(6)10(8,2)3;1-5-10(4,11)8-6-7-9(2)3/h4,7-9,11H,5H2,1-3H3;5,7,11H,1,6,8H2,2-4H3/t7-,8+,9-;/m1./s1. The average molecular weight is 306 g/mol. The lowest BCUT2D eigenvalue weighted by molar-refractivity contribution is -0.0760. The Morgan fingerprint density at radius 3 is 2.41 bits per heavy atom. The molecule has 3 aliphatic rings. The van der Waals surface area contributed by atoms with Gasteiger partial charge in [-0.1, -0.05) is 43.2 Å². The quantitative estimate of drug-likeness (QED) is 0.743. The van der Waals surface area contributed by atoms with Crippen LogP contribution < -0.4 is 0 Å². The predicted octanol–water partition coefficient (Wildman–Crippen LogP) is 4.64. The van der Waals surface area contributed by atoms with Crippen molar-refractivity contribution >= 4 is 0 Å². The molecule has 0 heterocycles. The molecule has 4 atom stereocenters. The Morgan fingerprint density at radius 2 is 2.05 bits per heavy atom. The number of allylic oxidation sites excluding steroid dienone is 3. The van der Waals surface area contributed by atoms with E-state index in [2.05, 4.69) is 47.3 Å². The average Bonchev–Trinajstić information content (AvgIpc) is 2.37. The minimum absolute atomic E-state index is 0.171. The summed E-state index contributed by atoms with van der Waals surface area (Å²) in [6.45, 7) is 16.1. The van der Waals surface area contributed by atoms with Crippen LogP contribution in [0, 0.1) is 17.3 Å². The topological polar surface area (TPSA) is 40.5 Å². The van der Waals surface area contributed by atoms with Gasteiger partial charge in [0.25, 0.3) is 0 Å². The normalized spacial score (nSPS) is 30.7. The summed E-state index contributed by atoms with van der Waals surface area (Å²) in [5, 5.41) is 19.1. The minimum atomic E-state index is -0.702. The molecule has 0 amide bonds. The maximum absolute atomic E-state index is 9.65. The minimum Gasteiger partial charge on any atom is -0.389 e. The molecule has 2 bridgehead atoms. The van der Waals surface area contributed by atoms with E-state index < -0.39 is 5.60 Å². The van der Waals surface area contributed by atoms with Crippen LogP contribution in [0.2, 0.25) is 0 Å². The number of fused-ring (bicyclic) bond motifs is 1. The first-order chi connectivity index (χ1) is 10.0. The molecule has 0 aromatic carbocycles. The Kier molecular flexibility index (Phi) is 6.23. The molecule has 2 N–H and O–H groups in total. The van der Waals surface area contributed by atoms with Crippen molar-refractivity contribution in [1.29, 1.82) is 0 Å². The zero-order valence-electron chi connectivity index (χ0n) is 15.2. The largest absolute Gasteiger partial charge is 0.389 e. The van der Waals surface area contributed by atoms with Crippen LogP contribution in [-0.4, -0.2) is 21.9 Å². The Hall–Kier alpha value is -0.860. The first-order valence-corrected chi connectivity index (χ1v) is 8.37. The summed E-state index contributed by atoms with van der Waals surface area (Å²) in [6.07, 6.45) is 8.45. The molecule has 0 spiro atoms. The molecule has 1 saturated carbocycles. The van der Waals surface area contributed by atoms with Crippen molar-refractivity contribution in [3.05, 3.63) is 36.0 Å². The summed E-state index contributed by atoms with van der Waals surface area (Å²) in [6, 6.07) is 0. The van der Waals surface area contributed by atoms with Crippen molar-refractivity contribution in [3.63, 3.8) is 0 Å². The van der Waals surface area contributed by atoms with E-state index in [0.717, 1.165) is 18.8 Å². The highest BCUT2D eigenvalue weighted by Crippen LogP contribution is 2.58. The van der Waals surface area contributed by atoms with Crippen LogP contribution in [-0.2, 0) is 0 Å². The molecule has 2 heteroatoms. The van der Waals surface area contributed by atoms with Gasteiger partial charge in [0.05, 0.1) is 11.7 Å². The third kappa shape index (κ3) is 4.57. The van der Waals surface area contributed by atoms with E-state index in [1.165, 1.54) is 17.6 Å². The third-order valence-electron chi connectivity index (χ3n) is 5.38. The second-order valence-corrected chi connectivity index (χ2v) is 8.00. The van der Waals surface area contributed by atoms with Crippen LogP contribution in [0.15, 0.2) is 36.0 Å². The Bertz CT molecular complexity index is 450. The first-order valence-electron chi connectivity index (χ1n) is 8.37. The lowest BCUT2D eigenvalue weighted by Gasteiger charge is -2.57.